The monoisotopic (exact) mass is 385 g/mol. The smallest absolute Gasteiger partial charge is 0.271 e. The largest absolute Gasteiger partial charge is 0.338 e. The summed E-state index contributed by atoms with van der Waals surface area (Å²) in [6.07, 6.45) is 1.35. The molecule has 0 aliphatic carbocycles. The first kappa shape index (κ1) is 18.1. The van der Waals surface area contributed by atoms with Gasteiger partial charge in [0.25, 0.3) is 11.6 Å². The number of nitro groups is 1. The number of amides is 1. The van der Waals surface area contributed by atoms with Crippen molar-refractivity contribution in [2.75, 3.05) is 0 Å². The summed E-state index contributed by atoms with van der Waals surface area (Å²) in [4.78, 5) is 30.4. The average Bonchev–Trinajstić information content (AvgIpc) is 3.18. The maximum Gasteiger partial charge on any atom is 0.271 e. The van der Waals surface area contributed by atoms with Gasteiger partial charge in [-0.1, -0.05) is 42.5 Å². The molecule has 0 atom stereocenters. The highest BCUT2D eigenvalue weighted by atomic mass is 16.6. The number of imidazole rings is 1. The maximum absolute atomic E-state index is 12.4. The van der Waals surface area contributed by atoms with Crippen LogP contribution in [0.2, 0.25) is 0 Å². The van der Waals surface area contributed by atoms with Crippen LogP contribution >= 0.6 is 0 Å². The van der Waals surface area contributed by atoms with E-state index in [1.54, 1.807) is 30.3 Å². The van der Waals surface area contributed by atoms with Crippen molar-refractivity contribution >= 4 is 28.8 Å². The second kappa shape index (κ2) is 7.73. The van der Waals surface area contributed by atoms with Crippen molar-refractivity contribution in [1.29, 1.82) is 0 Å². The molecule has 8 heteroatoms. The Hall–Kier alpha value is -4.33. The lowest BCUT2D eigenvalue weighted by molar-refractivity contribution is -0.384. The summed E-state index contributed by atoms with van der Waals surface area (Å²) in [6.45, 7) is 0. The van der Waals surface area contributed by atoms with Gasteiger partial charge in [0.05, 0.1) is 22.2 Å². The molecule has 8 nitrogen and oxygen atoms in total. The van der Waals surface area contributed by atoms with Gasteiger partial charge in [0.15, 0.2) is 0 Å². The minimum atomic E-state index is -0.487. The maximum atomic E-state index is 12.4. The van der Waals surface area contributed by atoms with Gasteiger partial charge in [0.2, 0.25) is 0 Å². The van der Waals surface area contributed by atoms with Gasteiger partial charge >= 0.3 is 0 Å². The number of hydrogen-bond donors (Lipinski definition) is 2. The van der Waals surface area contributed by atoms with Crippen molar-refractivity contribution in [3.8, 4) is 11.4 Å². The summed E-state index contributed by atoms with van der Waals surface area (Å²) in [5.41, 5.74) is 5.75. The van der Waals surface area contributed by atoms with E-state index in [-0.39, 0.29) is 5.69 Å². The Labute approximate surface area is 165 Å². The molecule has 2 N–H and O–H groups in total. The molecule has 4 aromatic rings. The molecule has 4 rings (SSSR count). The molecule has 0 spiro atoms. The summed E-state index contributed by atoms with van der Waals surface area (Å²) in [5.74, 6) is 0.325. The fourth-order valence-electron chi connectivity index (χ4n) is 2.83. The number of aromatic amines is 1. The van der Waals surface area contributed by atoms with Crippen molar-refractivity contribution in [2.45, 2.75) is 0 Å². The van der Waals surface area contributed by atoms with Crippen LogP contribution in [0.1, 0.15) is 15.9 Å². The second-order valence-corrected chi connectivity index (χ2v) is 6.23. The fourth-order valence-corrected chi connectivity index (χ4v) is 2.83. The molecule has 1 amide bonds. The number of nitro benzene ring substituents is 1. The van der Waals surface area contributed by atoms with Gasteiger partial charge in [-0.2, -0.15) is 5.10 Å². The van der Waals surface area contributed by atoms with Gasteiger partial charge in [-0.05, 0) is 18.2 Å². The Balaban J connectivity index is 1.50. The number of rotatable bonds is 5. The minimum absolute atomic E-state index is 0.0424. The number of hydrazone groups is 1. The van der Waals surface area contributed by atoms with Gasteiger partial charge < -0.3 is 4.98 Å². The van der Waals surface area contributed by atoms with Crippen LogP contribution in [0.5, 0.6) is 0 Å². The quantitative estimate of drug-likeness (QED) is 0.308. The van der Waals surface area contributed by atoms with Gasteiger partial charge in [-0.15, -0.1) is 0 Å². The highest BCUT2D eigenvalue weighted by Gasteiger charge is 2.10. The second-order valence-electron chi connectivity index (χ2n) is 6.23. The molecule has 29 heavy (non-hydrogen) atoms. The van der Waals surface area contributed by atoms with Crippen LogP contribution < -0.4 is 5.43 Å². The van der Waals surface area contributed by atoms with Crippen LogP contribution in [0.15, 0.2) is 77.9 Å². The molecule has 1 aromatic heterocycles. The first-order valence-corrected chi connectivity index (χ1v) is 8.73. The summed E-state index contributed by atoms with van der Waals surface area (Å²) in [6, 6.07) is 20.8. The number of hydrogen-bond acceptors (Lipinski definition) is 5. The molecule has 0 aliphatic rings. The number of H-pyrrole nitrogens is 1. The predicted octanol–water partition coefficient (Wildman–Crippen LogP) is 3.90. The summed E-state index contributed by atoms with van der Waals surface area (Å²) in [7, 11) is 0. The van der Waals surface area contributed by atoms with Crippen molar-refractivity contribution in [2.24, 2.45) is 5.10 Å². The number of fused-ring (bicyclic) bond motifs is 1. The van der Waals surface area contributed by atoms with E-state index in [0.717, 1.165) is 22.4 Å². The van der Waals surface area contributed by atoms with Gasteiger partial charge in [-0.25, -0.2) is 10.4 Å². The van der Waals surface area contributed by atoms with E-state index in [2.05, 4.69) is 20.5 Å². The number of aromatic nitrogens is 2. The van der Waals surface area contributed by atoms with Crippen LogP contribution in [0.4, 0.5) is 5.69 Å². The Morgan fingerprint density at radius 2 is 1.90 bits per heavy atom. The molecule has 0 radical (unpaired) electrons. The third-order valence-electron chi connectivity index (χ3n) is 4.25. The third-order valence-corrected chi connectivity index (χ3v) is 4.25. The molecular formula is C21H15N5O3. The molecule has 142 valence electrons. The van der Waals surface area contributed by atoms with E-state index in [4.69, 9.17) is 0 Å². The SMILES string of the molecule is O=C(N/N=C/c1cccc([N+](=O)[O-])c1)c1ccc2nc(-c3ccccc3)[nH]c2c1. The van der Waals surface area contributed by atoms with E-state index < -0.39 is 10.8 Å². The molecular weight excluding hydrogens is 370 g/mol. The topological polar surface area (TPSA) is 113 Å². The number of carbonyl (C=O) groups excluding carboxylic acids is 1. The zero-order valence-corrected chi connectivity index (χ0v) is 15.1. The lowest BCUT2D eigenvalue weighted by atomic mass is 10.2. The number of carbonyl (C=O) groups is 1. The summed E-state index contributed by atoms with van der Waals surface area (Å²) < 4.78 is 0. The fraction of sp³-hybridized carbons (Fsp3) is 0. The first-order chi connectivity index (χ1) is 14.1. The lowest BCUT2D eigenvalue weighted by Crippen LogP contribution is -2.17. The zero-order chi connectivity index (χ0) is 20.2. The van der Waals surface area contributed by atoms with E-state index in [0.29, 0.717) is 11.1 Å². The Bertz CT molecular complexity index is 1230. The third kappa shape index (κ3) is 4.01. The van der Waals surface area contributed by atoms with E-state index in [1.165, 1.54) is 18.3 Å². The Morgan fingerprint density at radius 3 is 2.69 bits per heavy atom. The normalized spacial score (nSPS) is 11.0. The van der Waals surface area contributed by atoms with Gasteiger partial charge in [0.1, 0.15) is 5.82 Å². The molecule has 0 unspecified atom stereocenters. The molecule has 0 saturated heterocycles. The average molecular weight is 385 g/mol. The summed E-state index contributed by atoms with van der Waals surface area (Å²) in [5, 5.41) is 14.7. The highest BCUT2D eigenvalue weighted by molar-refractivity contribution is 5.98. The minimum Gasteiger partial charge on any atom is -0.338 e. The lowest BCUT2D eigenvalue weighted by Gasteiger charge is -2.00. The van der Waals surface area contributed by atoms with E-state index >= 15 is 0 Å². The van der Waals surface area contributed by atoms with Crippen molar-refractivity contribution in [3.05, 3.63) is 94.0 Å². The zero-order valence-electron chi connectivity index (χ0n) is 15.1. The molecule has 0 fully saturated rings. The van der Waals surface area contributed by atoms with Crippen molar-refractivity contribution in [3.63, 3.8) is 0 Å². The van der Waals surface area contributed by atoms with Crippen LogP contribution in [0, 0.1) is 10.1 Å². The van der Waals surface area contributed by atoms with Crippen LogP contribution in [0.3, 0.4) is 0 Å². The van der Waals surface area contributed by atoms with Crippen LogP contribution in [-0.2, 0) is 0 Å². The first-order valence-electron chi connectivity index (χ1n) is 8.73. The Kier molecular flexibility index (Phi) is 4.81. The van der Waals surface area contributed by atoms with Gasteiger partial charge in [0, 0.05) is 28.8 Å². The van der Waals surface area contributed by atoms with Crippen molar-refractivity contribution < 1.29 is 9.72 Å². The predicted molar refractivity (Wildman–Crippen MR) is 110 cm³/mol. The standard InChI is InChI=1S/C21H15N5O3/c27-21(25-22-13-14-5-4-8-17(11-14)26(28)29)16-9-10-18-19(12-16)24-20(23-18)15-6-2-1-3-7-15/h1-13H,(H,23,24)(H,25,27)/b22-13+. The number of non-ortho nitro benzene ring substituents is 1. The number of nitrogens with zero attached hydrogens (tertiary/aromatic N) is 3. The molecule has 0 aliphatic heterocycles. The van der Waals surface area contributed by atoms with E-state index in [9.17, 15) is 14.9 Å². The molecule has 1 heterocycles. The number of benzene rings is 3. The van der Waals surface area contributed by atoms with Crippen molar-refractivity contribution in [1.82, 2.24) is 15.4 Å². The molecule has 3 aromatic carbocycles. The van der Waals surface area contributed by atoms with E-state index in [1.807, 2.05) is 30.3 Å². The summed E-state index contributed by atoms with van der Waals surface area (Å²) >= 11 is 0. The number of nitrogens with one attached hydrogen (secondary N) is 2. The Morgan fingerprint density at radius 1 is 1.07 bits per heavy atom. The molecule has 0 saturated carbocycles. The van der Waals surface area contributed by atoms with Crippen LogP contribution in [-0.4, -0.2) is 27.0 Å². The van der Waals surface area contributed by atoms with Crippen LogP contribution in [0.25, 0.3) is 22.4 Å². The van der Waals surface area contributed by atoms with Gasteiger partial charge in [-0.3, -0.25) is 14.9 Å². The highest BCUT2D eigenvalue weighted by Crippen LogP contribution is 2.21. The molecule has 0 bridgehead atoms.